The molecule has 1 aromatic heterocycles. The molecule has 1 saturated carbocycles. The Morgan fingerprint density at radius 2 is 1.97 bits per heavy atom. The Morgan fingerprint density at radius 1 is 1.23 bits per heavy atom. The van der Waals surface area contributed by atoms with Gasteiger partial charge in [-0.2, -0.15) is 0 Å². The molecule has 1 heterocycles. The highest BCUT2D eigenvalue weighted by Gasteiger charge is 2.26. The van der Waals surface area contributed by atoms with E-state index in [1.54, 1.807) is 13.2 Å². The fraction of sp³-hybridized carbons (Fsp3) is 0.480. The number of benzene rings is 1. The van der Waals surface area contributed by atoms with Crippen molar-refractivity contribution in [3.05, 3.63) is 51.1 Å². The fourth-order valence-corrected chi connectivity index (χ4v) is 4.73. The standard InChI is InChI=1S/C25H31BrClN3O5/c1-15(20-12-19(26)7-8-22(20)35-10-9-34-2)30-23-21(27)11-18(14-28-23)24(31)29-13-16-3-5-17(6-4-16)25(32)33/h7-8,11-12,14-17H,3-6,9-10,13H2,1-2H3,(H,28,30)(H,29,31)(H,32,33)/t15-,16?,17?/m0/s1. The highest BCUT2D eigenvalue weighted by molar-refractivity contribution is 9.10. The Hall–Kier alpha value is -2.36. The molecule has 1 atom stereocenters. The van der Waals surface area contributed by atoms with Crippen molar-refractivity contribution in [3.8, 4) is 5.75 Å². The second-order valence-corrected chi connectivity index (χ2v) is 10.0. The van der Waals surface area contributed by atoms with Crippen molar-refractivity contribution in [1.82, 2.24) is 10.3 Å². The number of ether oxygens (including phenoxy) is 2. The number of hydrogen-bond acceptors (Lipinski definition) is 6. The molecule has 3 N–H and O–H groups in total. The summed E-state index contributed by atoms with van der Waals surface area (Å²) in [5, 5.41) is 15.7. The summed E-state index contributed by atoms with van der Waals surface area (Å²) in [5.74, 6) is 0.231. The van der Waals surface area contributed by atoms with Gasteiger partial charge in [0.1, 0.15) is 18.2 Å². The Kier molecular flexibility index (Phi) is 10.2. The number of nitrogens with zero attached hydrogens (tertiary/aromatic N) is 1. The number of nitrogens with one attached hydrogen (secondary N) is 2. The second kappa shape index (κ2) is 13.1. The van der Waals surface area contributed by atoms with E-state index in [0.29, 0.717) is 49.0 Å². The van der Waals surface area contributed by atoms with Crippen LogP contribution in [0.25, 0.3) is 0 Å². The van der Waals surface area contributed by atoms with E-state index in [1.807, 2.05) is 25.1 Å². The first-order valence-electron chi connectivity index (χ1n) is 11.6. The summed E-state index contributed by atoms with van der Waals surface area (Å²) >= 11 is 9.96. The number of aromatic nitrogens is 1. The topological polar surface area (TPSA) is 110 Å². The van der Waals surface area contributed by atoms with Crippen molar-refractivity contribution < 1.29 is 24.2 Å². The van der Waals surface area contributed by atoms with Crippen molar-refractivity contribution in [3.63, 3.8) is 0 Å². The number of pyridine rings is 1. The zero-order chi connectivity index (χ0) is 25.4. The van der Waals surface area contributed by atoms with Gasteiger partial charge < -0.3 is 25.2 Å². The maximum absolute atomic E-state index is 12.6. The predicted molar refractivity (Wildman–Crippen MR) is 138 cm³/mol. The van der Waals surface area contributed by atoms with Gasteiger partial charge in [0.2, 0.25) is 0 Å². The van der Waals surface area contributed by atoms with Crippen LogP contribution in [0.15, 0.2) is 34.9 Å². The molecule has 0 unspecified atom stereocenters. The van der Waals surface area contributed by atoms with Crippen LogP contribution in [0.5, 0.6) is 5.75 Å². The number of rotatable bonds is 11. The summed E-state index contributed by atoms with van der Waals surface area (Å²) < 4.78 is 11.8. The lowest BCUT2D eigenvalue weighted by Crippen LogP contribution is -2.32. The third kappa shape index (κ3) is 7.81. The van der Waals surface area contributed by atoms with E-state index in [4.69, 9.17) is 26.2 Å². The van der Waals surface area contributed by atoms with Crippen molar-refractivity contribution in [2.45, 2.75) is 38.6 Å². The van der Waals surface area contributed by atoms with Crippen LogP contribution in [-0.4, -0.2) is 48.8 Å². The fourth-order valence-electron chi connectivity index (χ4n) is 4.13. The van der Waals surface area contributed by atoms with Crippen LogP contribution in [0.3, 0.4) is 0 Å². The molecule has 0 saturated heterocycles. The third-order valence-electron chi connectivity index (χ3n) is 6.19. The molecule has 1 aliphatic rings. The number of carboxylic acid groups (broad SMARTS) is 1. The zero-order valence-corrected chi connectivity index (χ0v) is 22.2. The minimum atomic E-state index is -0.731. The first-order chi connectivity index (χ1) is 16.8. The molecule has 1 aliphatic carbocycles. The molecule has 0 aliphatic heterocycles. The minimum Gasteiger partial charge on any atom is -0.491 e. The first-order valence-corrected chi connectivity index (χ1v) is 12.8. The Balaban J connectivity index is 1.59. The normalized spacial score (nSPS) is 18.5. The molecule has 190 valence electrons. The van der Waals surface area contributed by atoms with Crippen molar-refractivity contribution in [2.75, 3.05) is 32.2 Å². The minimum absolute atomic E-state index is 0.171. The number of hydrogen-bond donors (Lipinski definition) is 3. The molecular weight excluding hydrogens is 538 g/mol. The molecule has 0 bridgehead atoms. The van der Waals surface area contributed by atoms with Gasteiger partial charge in [-0.25, -0.2) is 4.98 Å². The largest absolute Gasteiger partial charge is 0.491 e. The van der Waals surface area contributed by atoms with E-state index >= 15 is 0 Å². The molecule has 1 aromatic carbocycles. The van der Waals surface area contributed by atoms with Crippen LogP contribution in [0, 0.1) is 11.8 Å². The molecule has 0 spiro atoms. The summed E-state index contributed by atoms with van der Waals surface area (Å²) in [6.45, 7) is 3.40. The highest BCUT2D eigenvalue weighted by Crippen LogP contribution is 2.32. The zero-order valence-electron chi connectivity index (χ0n) is 19.9. The van der Waals surface area contributed by atoms with E-state index < -0.39 is 5.97 Å². The van der Waals surface area contributed by atoms with Gasteiger partial charge in [-0.05, 0) is 62.8 Å². The number of amides is 1. The third-order valence-corrected chi connectivity index (χ3v) is 6.97. The molecular formula is C25H31BrClN3O5. The summed E-state index contributed by atoms with van der Waals surface area (Å²) in [7, 11) is 1.63. The maximum atomic E-state index is 12.6. The van der Waals surface area contributed by atoms with Crippen LogP contribution >= 0.6 is 27.5 Å². The summed E-state index contributed by atoms with van der Waals surface area (Å²) in [6.07, 6.45) is 4.39. The smallest absolute Gasteiger partial charge is 0.306 e. The number of aliphatic carboxylic acids is 1. The lowest BCUT2D eigenvalue weighted by atomic mass is 9.82. The number of halogens is 2. The molecule has 3 rings (SSSR count). The molecule has 10 heteroatoms. The summed E-state index contributed by atoms with van der Waals surface area (Å²) in [6, 6.07) is 7.20. The Morgan fingerprint density at radius 3 is 2.63 bits per heavy atom. The molecule has 0 radical (unpaired) electrons. The van der Waals surface area contributed by atoms with Gasteiger partial charge in [0.05, 0.1) is 29.2 Å². The lowest BCUT2D eigenvalue weighted by Gasteiger charge is -2.26. The van der Waals surface area contributed by atoms with E-state index in [9.17, 15) is 9.59 Å². The van der Waals surface area contributed by atoms with Crippen LogP contribution in [0.2, 0.25) is 5.02 Å². The van der Waals surface area contributed by atoms with E-state index in [2.05, 4.69) is 31.5 Å². The molecule has 1 amide bonds. The van der Waals surface area contributed by atoms with Crippen molar-refractivity contribution in [1.29, 1.82) is 0 Å². The Bertz CT molecular complexity index is 1030. The highest BCUT2D eigenvalue weighted by atomic mass is 79.9. The number of carboxylic acids is 1. The predicted octanol–water partition coefficient (Wildman–Crippen LogP) is 5.32. The average molecular weight is 569 g/mol. The maximum Gasteiger partial charge on any atom is 0.306 e. The number of carbonyl (C=O) groups excluding carboxylic acids is 1. The monoisotopic (exact) mass is 567 g/mol. The van der Waals surface area contributed by atoms with Gasteiger partial charge in [-0.3, -0.25) is 9.59 Å². The van der Waals surface area contributed by atoms with Crippen LogP contribution in [0.4, 0.5) is 5.82 Å². The van der Waals surface area contributed by atoms with Crippen molar-refractivity contribution in [2.24, 2.45) is 11.8 Å². The molecule has 1 fully saturated rings. The van der Waals surface area contributed by atoms with Crippen LogP contribution < -0.4 is 15.4 Å². The summed E-state index contributed by atoms with van der Waals surface area (Å²) in [4.78, 5) is 28.1. The van der Waals surface area contributed by atoms with E-state index in [-0.39, 0.29) is 23.8 Å². The van der Waals surface area contributed by atoms with E-state index in [0.717, 1.165) is 28.6 Å². The Labute approximate surface area is 218 Å². The number of anilines is 1. The molecule has 2 aromatic rings. The quantitative estimate of drug-likeness (QED) is 0.315. The molecule has 35 heavy (non-hydrogen) atoms. The van der Waals surface area contributed by atoms with Gasteiger partial charge in [0, 0.05) is 29.9 Å². The second-order valence-electron chi connectivity index (χ2n) is 8.71. The SMILES string of the molecule is COCCOc1ccc(Br)cc1[C@H](C)Nc1ncc(C(=O)NCC2CCC(C(=O)O)CC2)cc1Cl. The van der Waals surface area contributed by atoms with Gasteiger partial charge in [0.25, 0.3) is 5.91 Å². The van der Waals surface area contributed by atoms with Crippen LogP contribution in [-0.2, 0) is 9.53 Å². The van der Waals surface area contributed by atoms with Crippen LogP contribution in [0.1, 0.15) is 54.6 Å². The van der Waals surface area contributed by atoms with Gasteiger partial charge in [-0.15, -0.1) is 0 Å². The van der Waals surface area contributed by atoms with Crippen molar-refractivity contribution >= 4 is 45.2 Å². The van der Waals surface area contributed by atoms with E-state index in [1.165, 1.54) is 6.20 Å². The summed E-state index contributed by atoms with van der Waals surface area (Å²) in [5.41, 5.74) is 1.30. The van der Waals surface area contributed by atoms with Gasteiger partial charge in [-0.1, -0.05) is 27.5 Å². The lowest BCUT2D eigenvalue weighted by molar-refractivity contribution is -0.143. The van der Waals surface area contributed by atoms with Gasteiger partial charge >= 0.3 is 5.97 Å². The molecule has 8 nitrogen and oxygen atoms in total. The average Bonchev–Trinajstić information content (AvgIpc) is 2.84. The first kappa shape index (κ1) is 27.2. The van der Waals surface area contributed by atoms with Gasteiger partial charge in [0.15, 0.2) is 0 Å². The number of carbonyl (C=O) groups is 2. The number of methoxy groups -OCH3 is 1.